The van der Waals surface area contributed by atoms with Crippen LogP contribution in [0.25, 0.3) is 10.9 Å². The smallest absolute Gasteiger partial charge is 0.279 e. The van der Waals surface area contributed by atoms with Crippen molar-refractivity contribution in [2.75, 3.05) is 20.1 Å². The molecule has 0 unspecified atom stereocenters. The molecule has 0 saturated carbocycles. The van der Waals surface area contributed by atoms with Gasteiger partial charge < -0.3 is 4.98 Å². The van der Waals surface area contributed by atoms with E-state index in [4.69, 9.17) is 0 Å². The van der Waals surface area contributed by atoms with E-state index in [1.54, 1.807) is 7.05 Å². The van der Waals surface area contributed by atoms with Gasteiger partial charge in [0.2, 0.25) is 0 Å². The summed E-state index contributed by atoms with van der Waals surface area (Å²) >= 11 is 0. The van der Waals surface area contributed by atoms with Crippen LogP contribution in [-0.2, 0) is 16.6 Å². The molecule has 0 atom stereocenters. The average Bonchev–Trinajstić information content (AvgIpc) is 2.88. The van der Waals surface area contributed by atoms with E-state index in [0.717, 1.165) is 29.3 Å². The summed E-state index contributed by atoms with van der Waals surface area (Å²) in [7, 11) is -1.75. The van der Waals surface area contributed by atoms with Crippen LogP contribution in [0.3, 0.4) is 0 Å². The summed E-state index contributed by atoms with van der Waals surface area (Å²) < 4.78 is 28.1. The quantitative estimate of drug-likeness (QED) is 0.785. The summed E-state index contributed by atoms with van der Waals surface area (Å²) in [6, 6.07) is 8.03. The van der Waals surface area contributed by atoms with E-state index in [1.807, 2.05) is 37.4 Å². The highest BCUT2D eigenvalue weighted by Gasteiger charge is 2.16. The Hall–Kier alpha value is -1.37. The molecule has 1 aromatic carbocycles. The van der Waals surface area contributed by atoms with Crippen molar-refractivity contribution in [1.82, 2.24) is 14.0 Å². The third-order valence-electron chi connectivity index (χ3n) is 3.59. The van der Waals surface area contributed by atoms with E-state index in [0.29, 0.717) is 19.5 Å². The minimum absolute atomic E-state index is 0.403. The Morgan fingerprint density at radius 3 is 2.81 bits per heavy atom. The van der Waals surface area contributed by atoms with Gasteiger partial charge in [0.05, 0.1) is 0 Å². The van der Waals surface area contributed by atoms with Crippen LogP contribution in [0.15, 0.2) is 30.5 Å². The first-order valence-corrected chi connectivity index (χ1v) is 8.74. The van der Waals surface area contributed by atoms with E-state index >= 15 is 0 Å². The van der Waals surface area contributed by atoms with Crippen molar-refractivity contribution in [2.24, 2.45) is 0 Å². The van der Waals surface area contributed by atoms with Crippen molar-refractivity contribution in [2.45, 2.75) is 26.2 Å². The molecule has 1 heterocycles. The zero-order chi connectivity index (χ0) is 15.3. The fraction of sp³-hybridized carbons (Fsp3) is 0.467. The van der Waals surface area contributed by atoms with E-state index in [-0.39, 0.29) is 0 Å². The lowest BCUT2D eigenvalue weighted by atomic mass is 10.1. The van der Waals surface area contributed by atoms with Gasteiger partial charge in [0.25, 0.3) is 10.2 Å². The van der Waals surface area contributed by atoms with Gasteiger partial charge in [-0.25, -0.2) is 4.72 Å². The Morgan fingerprint density at radius 1 is 1.29 bits per heavy atom. The molecular weight excluding hydrogens is 286 g/mol. The topological polar surface area (TPSA) is 65.2 Å². The predicted octanol–water partition coefficient (Wildman–Crippen LogP) is 2.28. The predicted molar refractivity (Wildman–Crippen MR) is 86.5 cm³/mol. The number of fused-ring (bicyclic) bond motifs is 1. The highest BCUT2D eigenvalue weighted by molar-refractivity contribution is 7.87. The number of nitrogens with zero attached hydrogens (tertiary/aromatic N) is 1. The molecule has 0 bridgehead atoms. The summed E-state index contributed by atoms with van der Waals surface area (Å²) in [4.78, 5) is 3.20. The van der Waals surface area contributed by atoms with Crippen LogP contribution in [0, 0.1) is 0 Å². The molecule has 0 saturated heterocycles. The van der Waals surface area contributed by atoms with Gasteiger partial charge in [-0.05, 0) is 24.5 Å². The SMILES string of the molecule is CCCCN(C)S(=O)(=O)NCCc1c[nH]c2ccccc12. The average molecular weight is 309 g/mol. The second kappa shape index (κ2) is 7.06. The first kappa shape index (κ1) is 16.0. The van der Waals surface area contributed by atoms with Gasteiger partial charge in [0, 0.05) is 37.2 Å². The number of H-pyrrole nitrogens is 1. The number of nitrogens with one attached hydrogen (secondary N) is 2. The molecule has 2 N–H and O–H groups in total. The van der Waals surface area contributed by atoms with Crippen LogP contribution in [0.5, 0.6) is 0 Å². The molecule has 0 aliphatic carbocycles. The molecule has 6 heteroatoms. The van der Waals surface area contributed by atoms with Gasteiger partial charge in [0.15, 0.2) is 0 Å². The van der Waals surface area contributed by atoms with Crippen molar-refractivity contribution < 1.29 is 8.42 Å². The number of para-hydroxylation sites is 1. The lowest BCUT2D eigenvalue weighted by Crippen LogP contribution is -2.39. The van der Waals surface area contributed by atoms with Crippen molar-refractivity contribution in [3.8, 4) is 0 Å². The molecule has 0 spiro atoms. The van der Waals surface area contributed by atoms with Gasteiger partial charge in [-0.1, -0.05) is 31.5 Å². The molecule has 116 valence electrons. The maximum absolute atomic E-state index is 12.0. The first-order chi connectivity index (χ1) is 10.0. The monoisotopic (exact) mass is 309 g/mol. The normalized spacial score (nSPS) is 12.3. The number of unbranched alkanes of at least 4 members (excludes halogenated alkanes) is 1. The van der Waals surface area contributed by atoms with Crippen molar-refractivity contribution in [1.29, 1.82) is 0 Å². The zero-order valence-electron chi connectivity index (χ0n) is 12.6. The fourth-order valence-electron chi connectivity index (χ4n) is 2.26. The minimum Gasteiger partial charge on any atom is -0.361 e. The van der Waals surface area contributed by atoms with Crippen molar-refractivity contribution >= 4 is 21.1 Å². The van der Waals surface area contributed by atoms with Gasteiger partial charge in [-0.3, -0.25) is 0 Å². The van der Waals surface area contributed by atoms with E-state index in [1.165, 1.54) is 4.31 Å². The van der Waals surface area contributed by atoms with Gasteiger partial charge >= 0.3 is 0 Å². The van der Waals surface area contributed by atoms with E-state index in [2.05, 4.69) is 9.71 Å². The zero-order valence-corrected chi connectivity index (χ0v) is 13.4. The van der Waals surface area contributed by atoms with Gasteiger partial charge in [0.1, 0.15) is 0 Å². The fourth-order valence-corrected chi connectivity index (χ4v) is 3.21. The Balaban J connectivity index is 1.92. The highest BCUT2D eigenvalue weighted by atomic mass is 32.2. The lowest BCUT2D eigenvalue weighted by molar-refractivity contribution is 0.449. The number of hydrogen-bond acceptors (Lipinski definition) is 2. The standard InChI is InChI=1S/C15H23N3O2S/c1-3-4-11-18(2)21(19,20)17-10-9-13-12-16-15-8-6-5-7-14(13)15/h5-8,12,16-17H,3-4,9-11H2,1-2H3. The van der Waals surface area contributed by atoms with Crippen LogP contribution in [-0.4, -0.2) is 37.8 Å². The number of rotatable bonds is 8. The Labute approximate surface area is 126 Å². The van der Waals surface area contributed by atoms with E-state index in [9.17, 15) is 8.42 Å². The second-order valence-electron chi connectivity index (χ2n) is 5.18. The number of aromatic amines is 1. The molecule has 0 aliphatic heterocycles. The van der Waals surface area contributed by atoms with Crippen molar-refractivity contribution in [3.05, 3.63) is 36.0 Å². The third kappa shape index (κ3) is 4.06. The van der Waals surface area contributed by atoms with Gasteiger partial charge in [-0.2, -0.15) is 12.7 Å². The molecule has 2 aromatic rings. The summed E-state index contributed by atoms with van der Waals surface area (Å²) in [5.74, 6) is 0. The van der Waals surface area contributed by atoms with Crippen molar-refractivity contribution in [3.63, 3.8) is 0 Å². The molecule has 1 aromatic heterocycles. The van der Waals surface area contributed by atoms with Gasteiger partial charge in [-0.15, -0.1) is 0 Å². The Kier molecular flexibility index (Phi) is 5.39. The molecule has 21 heavy (non-hydrogen) atoms. The molecule has 0 amide bonds. The lowest BCUT2D eigenvalue weighted by Gasteiger charge is -2.17. The number of hydrogen-bond donors (Lipinski definition) is 2. The largest absolute Gasteiger partial charge is 0.361 e. The maximum atomic E-state index is 12.0. The molecule has 0 aliphatic rings. The summed E-state index contributed by atoms with van der Waals surface area (Å²) in [5.41, 5.74) is 2.21. The first-order valence-electron chi connectivity index (χ1n) is 7.30. The van der Waals surface area contributed by atoms with E-state index < -0.39 is 10.2 Å². The Morgan fingerprint density at radius 2 is 2.05 bits per heavy atom. The molecular formula is C15H23N3O2S. The maximum Gasteiger partial charge on any atom is 0.279 e. The molecule has 0 fully saturated rings. The van der Waals surface area contributed by atoms with Crippen LogP contribution in [0.4, 0.5) is 0 Å². The Bertz CT molecular complexity index is 679. The van der Waals surface area contributed by atoms with Crippen LogP contribution < -0.4 is 4.72 Å². The van der Waals surface area contributed by atoms with Crippen LogP contribution in [0.1, 0.15) is 25.3 Å². The van der Waals surface area contributed by atoms with Crippen LogP contribution in [0.2, 0.25) is 0 Å². The van der Waals surface area contributed by atoms with Crippen LogP contribution >= 0.6 is 0 Å². The summed E-state index contributed by atoms with van der Waals surface area (Å²) in [6.45, 7) is 3.00. The number of benzene rings is 1. The second-order valence-corrected chi connectivity index (χ2v) is 7.05. The number of aromatic nitrogens is 1. The summed E-state index contributed by atoms with van der Waals surface area (Å²) in [6.07, 6.45) is 4.47. The molecule has 5 nitrogen and oxygen atoms in total. The summed E-state index contributed by atoms with van der Waals surface area (Å²) in [5, 5.41) is 1.15. The third-order valence-corrected chi connectivity index (χ3v) is 5.16. The minimum atomic E-state index is -3.37. The highest BCUT2D eigenvalue weighted by Crippen LogP contribution is 2.17. The molecule has 0 radical (unpaired) electrons. The molecule has 2 rings (SSSR count).